The highest BCUT2D eigenvalue weighted by molar-refractivity contribution is 5.94. The SMILES string of the molecule is Cc1c(-c2cc(C(O)O)c3c(OC[C@H]4CC[C@](C)(OC(C)C)CC4)ccc(C)c3n2)oc2ccccc12. The molecule has 37 heavy (non-hydrogen) atoms. The molecular formula is C31H37NO5. The van der Waals surface area contributed by atoms with Gasteiger partial charge in [-0.1, -0.05) is 24.3 Å². The Balaban J connectivity index is 1.46. The van der Waals surface area contributed by atoms with Gasteiger partial charge in [-0.3, -0.25) is 0 Å². The number of pyridine rings is 1. The van der Waals surface area contributed by atoms with Crippen molar-refractivity contribution in [3.8, 4) is 17.2 Å². The summed E-state index contributed by atoms with van der Waals surface area (Å²) in [5, 5.41) is 22.4. The van der Waals surface area contributed by atoms with Gasteiger partial charge in [0.15, 0.2) is 12.1 Å². The van der Waals surface area contributed by atoms with Crippen LogP contribution in [0.5, 0.6) is 5.75 Å². The maximum Gasteiger partial charge on any atom is 0.179 e. The fourth-order valence-electron chi connectivity index (χ4n) is 5.68. The lowest BCUT2D eigenvalue weighted by Gasteiger charge is -2.38. The van der Waals surface area contributed by atoms with Crippen molar-refractivity contribution in [1.29, 1.82) is 0 Å². The number of benzene rings is 2. The summed E-state index contributed by atoms with van der Waals surface area (Å²) in [6.07, 6.45) is 2.64. The molecule has 5 rings (SSSR count). The fraction of sp³-hybridized carbons (Fsp3) is 0.452. The summed E-state index contributed by atoms with van der Waals surface area (Å²) >= 11 is 0. The smallest absolute Gasteiger partial charge is 0.179 e. The molecule has 0 saturated heterocycles. The van der Waals surface area contributed by atoms with E-state index in [-0.39, 0.29) is 11.7 Å². The van der Waals surface area contributed by atoms with E-state index in [1.807, 2.05) is 50.2 Å². The first-order valence-electron chi connectivity index (χ1n) is 13.2. The van der Waals surface area contributed by atoms with Crippen molar-refractivity contribution in [1.82, 2.24) is 4.98 Å². The van der Waals surface area contributed by atoms with Gasteiger partial charge < -0.3 is 24.1 Å². The van der Waals surface area contributed by atoms with Crippen LogP contribution in [0.4, 0.5) is 0 Å². The van der Waals surface area contributed by atoms with E-state index < -0.39 is 6.29 Å². The van der Waals surface area contributed by atoms with Crippen LogP contribution in [0.3, 0.4) is 0 Å². The van der Waals surface area contributed by atoms with Crippen LogP contribution >= 0.6 is 0 Å². The Bertz CT molecular complexity index is 1410. The summed E-state index contributed by atoms with van der Waals surface area (Å²) in [6.45, 7) is 10.9. The fourth-order valence-corrected chi connectivity index (χ4v) is 5.68. The Morgan fingerprint density at radius 2 is 1.81 bits per heavy atom. The number of aliphatic hydroxyl groups excluding tert-OH is 1. The summed E-state index contributed by atoms with van der Waals surface area (Å²) in [6, 6.07) is 13.4. The number of nitrogens with zero attached hydrogens (tertiary/aromatic N) is 1. The van der Waals surface area contributed by atoms with Crippen molar-refractivity contribution in [2.24, 2.45) is 5.92 Å². The summed E-state index contributed by atoms with van der Waals surface area (Å²) in [7, 11) is 0. The van der Waals surface area contributed by atoms with Crippen molar-refractivity contribution >= 4 is 21.9 Å². The Morgan fingerprint density at radius 1 is 1.08 bits per heavy atom. The molecule has 2 aromatic carbocycles. The number of furan rings is 1. The molecule has 1 saturated carbocycles. The van der Waals surface area contributed by atoms with Gasteiger partial charge in [-0.25, -0.2) is 4.98 Å². The lowest BCUT2D eigenvalue weighted by Crippen LogP contribution is -2.37. The highest BCUT2D eigenvalue weighted by Gasteiger charge is 2.33. The third-order valence-corrected chi connectivity index (χ3v) is 7.67. The standard InChI is InChI=1S/C31H37NO5/c1-18(2)37-31(5)14-12-21(13-15-31)17-35-26-11-10-19(3)28-27(26)23(30(33)34)16-24(32-28)29-20(4)22-8-6-7-9-25(22)36-29/h6-11,16,18,21,30,33-34H,12-15,17H2,1-5H3/t21-,31-. The van der Waals surface area contributed by atoms with Crippen LogP contribution < -0.4 is 4.74 Å². The van der Waals surface area contributed by atoms with Gasteiger partial charge in [0.05, 0.1) is 29.2 Å². The van der Waals surface area contributed by atoms with Crippen LogP contribution in [-0.2, 0) is 4.74 Å². The number of rotatable bonds is 7. The molecule has 4 aromatic rings. The maximum absolute atomic E-state index is 10.4. The highest BCUT2D eigenvalue weighted by Crippen LogP contribution is 2.40. The van der Waals surface area contributed by atoms with Crippen LogP contribution in [0.25, 0.3) is 33.3 Å². The minimum atomic E-state index is -1.68. The monoisotopic (exact) mass is 503 g/mol. The second kappa shape index (κ2) is 10.1. The maximum atomic E-state index is 10.4. The van der Waals surface area contributed by atoms with Gasteiger partial charge in [0.1, 0.15) is 17.0 Å². The molecule has 0 spiro atoms. The number of aryl methyl sites for hydroxylation is 2. The number of fused-ring (bicyclic) bond motifs is 2. The number of ether oxygens (including phenoxy) is 2. The molecule has 1 fully saturated rings. The first-order valence-corrected chi connectivity index (χ1v) is 13.2. The van der Waals surface area contributed by atoms with Crippen LogP contribution in [0.2, 0.25) is 0 Å². The van der Waals surface area contributed by atoms with E-state index in [4.69, 9.17) is 18.9 Å². The van der Waals surface area contributed by atoms with Gasteiger partial charge in [-0.2, -0.15) is 0 Å². The molecular weight excluding hydrogens is 466 g/mol. The normalized spacial score (nSPS) is 20.4. The van der Waals surface area contributed by atoms with Gasteiger partial charge in [0, 0.05) is 16.5 Å². The zero-order valence-electron chi connectivity index (χ0n) is 22.4. The Hall–Kier alpha value is -2.93. The first-order chi connectivity index (χ1) is 17.6. The Morgan fingerprint density at radius 3 is 2.49 bits per heavy atom. The third-order valence-electron chi connectivity index (χ3n) is 7.67. The average Bonchev–Trinajstić information content (AvgIpc) is 3.20. The summed E-state index contributed by atoms with van der Waals surface area (Å²) in [5.41, 5.74) is 4.22. The molecule has 0 aliphatic heterocycles. The van der Waals surface area contributed by atoms with Gasteiger partial charge in [-0.05, 0) is 90.0 Å². The number of para-hydroxylation sites is 1. The number of hydrogen-bond acceptors (Lipinski definition) is 6. The molecule has 1 aliphatic carbocycles. The van der Waals surface area contributed by atoms with Gasteiger partial charge in [0.25, 0.3) is 0 Å². The predicted molar refractivity (Wildman–Crippen MR) is 146 cm³/mol. The molecule has 6 nitrogen and oxygen atoms in total. The average molecular weight is 504 g/mol. The molecule has 0 unspecified atom stereocenters. The van der Waals surface area contributed by atoms with E-state index in [0.29, 0.717) is 46.2 Å². The van der Waals surface area contributed by atoms with Crippen LogP contribution in [0.15, 0.2) is 46.9 Å². The molecule has 196 valence electrons. The Kier molecular flexibility index (Phi) is 7.01. The van der Waals surface area contributed by atoms with Crippen molar-refractivity contribution in [2.75, 3.05) is 6.61 Å². The zero-order chi connectivity index (χ0) is 26.3. The molecule has 2 N–H and O–H groups in total. The van der Waals surface area contributed by atoms with Gasteiger partial charge in [0.2, 0.25) is 0 Å². The van der Waals surface area contributed by atoms with Gasteiger partial charge in [-0.15, -0.1) is 0 Å². The number of aromatic nitrogens is 1. The van der Waals surface area contributed by atoms with Crippen LogP contribution in [0.1, 0.15) is 69.4 Å². The number of hydrogen-bond donors (Lipinski definition) is 2. The van der Waals surface area contributed by atoms with E-state index in [0.717, 1.165) is 47.8 Å². The first kappa shape index (κ1) is 25.7. The van der Waals surface area contributed by atoms with Crippen LogP contribution in [-0.4, -0.2) is 33.5 Å². The van der Waals surface area contributed by atoms with Crippen molar-refractivity contribution in [3.63, 3.8) is 0 Å². The van der Waals surface area contributed by atoms with Crippen LogP contribution in [0, 0.1) is 19.8 Å². The quantitative estimate of drug-likeness (QED) is 0.264. The molecule has 2 aromatic heterocycles. The molecule has 0 radical (unpaired) electrons. The van der Waals surface area contributed by atoms with E-state index in [2.05, 4.69) is 20.8 Å². The topological polar surface area (TPSA) is 85.0 Å². The lowest BCUT2D eigenvalue weighted by atomic mass is 9.80. The zero-order valence-corrected chi connectivity index (χ0v) is 22.4. The summed E-state index contributed by atoms with van der Waals surface area (Å²) < 4.78 is 18.6. The van der Waals surface area contributed by atoms with E-state index in [1.54, 1.807) is 6.07 Å². The molecule has 1 aliphatic rings. The molecule has 0 amide bonds. The minimum Gasteiger partial charge on any atom is -0.493 e. The predicted octanol–water partition coefficient (Wildman–Crippen LogP) is 7.00. The van der Waals surface area contributed by atoms with E-state index >= 15 is 0 Å². The third kappa shape index (κ3) is 5.11. The van der Waals surface area contributed by atoms with Crippen molar-refractivity contribution in [2.45, 2.75) is 78.3 Å². The second-order valence-electron chi connectivity index (χ2n) is 11.0. The van der Waals surface area contributed by atoms with E-state index in [9.17, 15) is 10.2 Å². The molecule has 0 atom stereocenters. The molecule has 6 heteroatoms. The lowest BCUT2D eigenvalue weighted by molar-refractivity contribution is -0.0970. The van der Waals surface area contributed by atoms with Gasteiger partial charge >= 0.3 is 0 Å². The van der Waals surface area contributed by atoms with Crippen molar-refractivity contribution < 1.29 is 24.1 Å². The summed E-state index contributed by atoms with van der Waals surface area (Å²) in [4.78, 5) is 4.93. The molecule has 2 heterocycles. The minimum absolute atomic E-state index is 0.0650. The highest BCUT2D eigenvalue weighted by atomic mass is 16.5. The number of aliphatic hydroxyl groups is 2. The van der Waals surface area contributed by atoms with Crippen molar-refractivity contribution in [3.05, 3.63) is 59.2 Å². The second-order valence-corrected chi connectivity index (χ2v) is 11.0. The largest absolute Gasteiger partial charge is 0.493 e. The summed E-state index contributed by atoms with van der Waals surface area (Å²) in [5.74, 6) is 1.67. The van der Waals surface area contributed by atoms with E-state index in [1.165, 1.54) is 0 Å². The Labute approximate surface area is 218 Å². The molecule has 0 bridgehead atoms.